The van der Waals surface area contributed by atoms with Gasteiger partial charge < -0.3 is 4.74 Å². The largest absolute Gasteiger partial charge is 0.457 e. The normalized spacial score (nSPS) is 34.4. The van der Waals surface area contributed by atoms with Crippen molar-refractivity contribution in [2.75, 3.05) is 4.90 Å². The van der Waals surface area contributed by atoms with E-state index < -0.39 is 0 Å². The van der Waals surface area contributed by atoms with Gasteiger partial charge in [0.15, 0.2) is 0 Å². The van der Waals surface area contributed by atoms with Crippen LogP contribution >= 0.6 is 0 Å². The van der Waals surface area contributed by atoms with Crippen molar-refractivity contribution in [3.63, 3.8) is 0 Å². The number of amides is 2. The van der Waals surface area contributed by atoms with E-state index in [0.717, 1.165) is 11.3 Å². The SMILES string of the molecule is Cc1ccccc1Oc1ccc(N2C(=O)[C@@H]3[C@@H]4C=C[C@@H]([C@H]5C[C@@H]45)[C@@H]3C2=O)cc1. The summed E-state index contributed by atoms with van der Waals surface area (Å²) in [5.41, 5.74) is 1.71. The third-order valence-electron chi connectivity index (χ3n) is 7.08. The van der Waals surface area contributed by atoms with Crippen molar-refractivity contribution in [1.82, 2.24) is 0 Å². The van der Waals surface area contributed by atoms with Crippen LogP contribution in [0.15, 0.2) is 60.7 Å². The van der Waals surface area contributed by atoms with Crippen molar-refractivity contribution in [2.24, 2.45) is 35.5 Å². The highest BCUT2D eigenvalue weighted by Crippen LogP contribution is 2.65. The second kappa shape index (κ2) is 5.57. The molecule has 2 aromatic carbocycles. The number of ether oxygens (including phenoxy) is 1. The lowest BCUT2D eigenvalue weighted by atomic mass is 9.63. The molecule has 1 heterocycles. The summed E-state index contributed by atoms with van der Waals surface area (Å²) in [4.78, 5) is 27.8. The Morgan fingerprint density at radius 1 is 0.857 bits per heavy atom. The average molecular weight is 371 g/mol. The highest BCUT2D eigenvalue weighted by molar-refractivity contribution is 6.22. The number of rotatable bonds is 3. The molecule has 5 aliphatic rings. The molecule has 4 heteroatoms. The number of aryl methyl sites for hydroxylation is 1. The molecule has 6 atom stereocenters. The van der Waals surface area contributed by atoms with Crippen LogP contribution in [0.4, 0.5) is 5.69 Å². The number of para-hydroxylation sites is 1. The summed E-state index contributed by atoms with van der Waals surface area (Å²) in [5, 5.41) is 0. The summed E-state index contributed by atoms with van der Waals surface area (Å²) in [5.74, 6) is 2.89. The molecule has 2 amide bonds. The number of imide groups is 1. The Morgan fingerprint density at radius 2 is 1.46 bits per heavy atom. The maximum atomic E-state index is 13.2. The summed E-state index contributed by atoms with van der Waals surface area (Å²) in [7, 11) is 0. The summed E-state index contributed by atoms with van der Waals surface area (Å²) in [6.45, 7) is 2.00. The first kappa shape index (κ1) is 16.1. The van der Waals surface area contributed by atoms with Gasteiger partial charge in [-0.05, 0) is 72.9 Å². The van der Waals surface area contributed by atoms with E-state index >= 15 is 0 Å². The van der Waals surface area contributed by atoms with Crippen molar-refractivity contribution in [1.29, 1.82) is 0 Å². The minimum Gasteiger partial charge on any atom is -0.457 e. The van der Waals surface area contributed by atoms with Gasteiger partial charge in [-0.1, -0.05) is 30.4 Å². The van der Waals surface area contributed by atoms with Crippen molar-refractivity contribution in [3.8, 4) is 11.5 Å². The molecule has 2 saturated carbocycles. The van der Waals surface area contributed by atoms with E-state index in [-0.39, 0.29) is 35.5 Å². The Balaban J connectivity index is 1.27. The molecule has 4 aliphatic carbocycles. The average Bonchev–Trinajstić information content (AvgIpc) is 3.49. The highest BCUT2D eigenvalue weighted by Gasteiger charge is 2.67. The minimum absolute atomic E-state index is 0.0210. The van der Waals surface area contributed by atoms with Gasteiger partial charge in [0.1, 0.15) is 11.5 Å². The van der Waals surface area contributed by atoms with Crippen LogP contribution in [0.2, 0.25) is 0 Å². The molecule has 0 unspecified atom stereocenters. The number of carbonyl (C=O) groups is 2. The predicted molar refractivity (Wildman–Crippen MR) is 105 cm³/mol. The van der Waals surface area contributed by atoms with Crippen molar-refractivity contribution in [2.45, 2.75) is 13.3 Å². The molecule has 3 fully saturated rings. The Kier molecular flexibility index (Phi) is 3.20. The Labute approximate surface area is 163 Å². The molecule has 28 heavy (non-hydrogen) atoms. The Bertz CT molecular complexity index is 988. The van der Waals surface area contributed by atoms with Gasteiger partial charge in [0, 0.05) is 0 Å². The van der Waals surface area contributed by atoms with Crippen LogP contribution in [0.1, 0.15) is 12.0 Å². The fraction of sp³-hybridized carbons (Fsp3) is 0.333. The molecule has 0 spiro atoms. The third-order valence-corrected chi connectivity index (χ3v) is 7.08. The topological polar surface area (TPSA) is 46.6 Å². The molecule has 4 nitrogen and oxygen atoms in total. The van der Waals surface area contributed by atoms with E-state index in [1.807, 2.05) is 55.5 Å². The lowest BCUT2D eigenvalue weighted by molar-refractivity contribution is -0.124. The first-order valence-corrected chi connectivity index (χ1v) is 10.0. The van der Waals surface area contributed by atoms with Crippen LogP contribution in [0.3, 0.4) is 0 Å². The standard InChI is InChI=1S/C24H21NO3/c1-13-4-2-3-5-20(13)28-15-8-6-14(7-9-15)25-23(26)21-16-10-11-17(19-12-18(16)19)22(21)24(25)27/h2-11,16-19,21-22H,12H2,1H3/t16-,17+,18+,19-,21-,22+. The van der Waals surface area contributed by atoms with Crippen LogP contribution in [0.25, 0.3) is 0 Å². The number of allylic oxidation sites excluding steroid dienone is 2. The predicted octanol–water partition coefficient (Wildman–Crippen LogP) is 4.34. The van der Waals surface area contributed by atoms with Crippen molar-refractivity contribution >= 4 is 17.5 Å². The van der Waals surface area contributed by atoms with Gasteiger partial charge in [-0.15, -0.1) is 0 Å². The van der Waals surface area contributed by atoms with Gasteiger partial charge in [0.2, 0.25) is 11.8 Å². The van der Waals surface area contributed by atoms with Crippen molar-refractivity contribution in [3.05, 3.63) is 66.2 Å². The zero-order valence-electron chi connectivity index (χ0n) is 15.6. The lowest BCUT2D eigenvalue weighted by Gasteiger charge is -2.37. The molecule has 0 radical (unpaired) electrons. The maximum absolute atomic E-state index is 13.2. The van der Waals surface area contributed by atoms with Gasteiger partial charge in [-0.3, -0.25) is 14.5 Å². The molecule has 0 aromatic heterocycles. The van der Waals surface area contributed by atoms with E-state index in [1.165, 1.54) is 11.3 Å². The molecule has 1 saturated heterocycles. The third kappa shape index (κ3) is 2.12. The fourth-order valence-electron chi connectivity index (χ4n) is 5.67. The molecule has 2 bridgehead atoms. The number of benzene rings is 2. The molecular weight excluding hydrogens is 350 g/mol. The van der Waals surface area contributed by atoms with Crippen LogP contribution in [0.5, 0.6) is 11.5 Å². The smallest absolute Gasteiger partial charge is 0.238 e. The molecule has 140 valence electrons. The molecule has 2 aromatic rings. The van der Waals surface area contributed by atoms with Gasteiger partial charge in [-0.25, -0.2) is 0 Å². The zero-order chi connectivity index (χ0) is 19.0. The second-order valence-corrected chi connectivity index (χ2v) is 8.53. The number of hydrogen-bond donors (Lipinski definition) is 0. The number of nitrogens with zero attached hydrogens (tertiary/aromatic N) is 1. The van der Waals surface area contributed by atoms with Crippen LogP contribution in [-0.4, -0.2) is 11.8 Å². The van der Waals surface area contributed by atoms with Crippen LogP contribution < -0.4 is 9.64 Å². The van der Waals surface area contributed by atoms with Gasteiger partial charge in [-0.2, -0.15) is 0 Å². The van der Waals surface area contributed by atoms with E-state index in [4.69, 9.17) is 4.74 Å². The number of anilines is 1. The minimum atomic E-state index is -0.158. The Morgan fingerprint density at radius 3 is 2.07 bits per heavy atom. The van der Waals surface area contributed by atoms with Gasteiger partial charge >= 0.3 is 0 Å². The Hall–Kier alpha value is -2.88. The number of carbonyl (C=O) groups excluding carboxylic acids is 2. The van der Waals surface area contributed by atoms with E-state index in [1.54, 1.807) is 0 Å². The highest BCUT2D eigenvalue weighted by atomic mass is 16.5. The van der Waals surface area contributed by atoms with Crippen LogP contribution in [0, 0.1) is 42.4 Å². The van der Waals surface area contributed by atoms with Gasteiger partial charge in [0.25, 0.3) is 0 Å². The molecular formula is C24H21NO3. The summed E-state index contributed by atoms with van der Waals surface area (Å²) >= 11 is 0. The summed E-state index contributed by atoms with van der Waals surface area (Å²) in [6.07, 6.45) is 5.59. The second-order valence-electron chi connectivity index (χ2n) is 8.53. The van der Waals surface area contributed by atoms with E-state index in [2.05, 4.69) is 12.2 Å². The van der Waals surface area contributed by atoms with Crippen LogP contribution in [-0.2, 0) is 9.59 Å². The number of hydrogen-bond acceptors (Lipinski definition) is 3. The lowest BCUT2D eigenvalue weighted by Crippen LogP contribution is -2.40. The first-order chi connectivity index (χ1) is 13.6. The summed E-state index contributed by atoms with van der Waals surface area (Å²) < 4.78 is 5.94. The monoisotopic (exact) mass is 371 g/mol. The van der Waals surface area contributed by atoms with E-state index in [9.17, 15) is 9.59 Å². The van der Waals surface area contributed by atoms with Gasteiger partial charge in [0.05, 0.1) is 17.5 Å². The quantitative estimate of drug-likeness (QED) is 0.595. The fourth-order valence-corrected chi connectivity index (χ4v) is 5.67. The first-order valence-electron chi connectivity index (χ1n) is 10.0. The zero-order valence-corrected chi connectivity index (χ0v) is 15.6. The molecule has 1 aliphatic heterocycles. The summed E-state index contributed by atoms with van der Waals surface area (Å²) in [6, 6.07) is 15.1. The molecule has 7 rings (SSSR count). The maximum Gasteiger partial charge on any atom is 0.238 e. The van der Waals surface area contributed by atoms with Crippen molar-refractivity contribution < 1.29 is 14.3 Å². The molecule has 0 N–H and O–H groups in total. The van der Waals surface area contributed by atoms with E-state index in [0.29, 0.717) is 23.3 Å².